The number of rotatable bonds is 4. The molecular formula is C17H18ClN5OS. The lowest BCUT2D eigenvalue weighted by atomic mass is 9.93. The van der Waals surface area contributed by atoms with Crippen molar-refractivity contribution in [3.63, 3.8) is 0 Å². The van der Waals surface area contributed by atoms with Gasteiger partial charge in [0, 0.05) is 6.04 Å². The molecule has 0 spiro atoms. The van der Waals surface area contributed by atoms with Crippen LogP contribution in [-0.2, 0) is 0 Å². The van der Waals surface area contributed by atoms with Gasteiger partial charge in [-0.25, -0.2) is 15.0 Å². The summed E-state index contributed by atoms with van der Waals surface area (Å²) in [6.07, 6.45) is 3.46. The Labute approximate surface area is 154 Å². The number of nitrogens with zero attached hydrogens (tertiary/aromatic N) is 3. The minimum absolute atomic E-state index is 0.153. The van der Waals surface area contributed by atoms with E-state index in [4.69, 9.17) is 11.6 Å². The number of anilines is 3. The highest BCUT2D eigenvalue weighted by Gasteiger charge is 2.19. The molecular weight excluding hydrogens is 358 g/mol. The molecule has 0 saturated heterocycles. The number of nitrogens with one attached hydrogen (secondary N) is 2. The Morgan fingerprint density at radius 1 is 1.00 bits per heavy atom. The van der Waals surface area contributed by atoms with Crippen molar-refractivity contribution in [2.24, 2.45) is 0 Å². The third-order valence-electron chi connectivity index (χ3n) is 4.25. The molecule has 0 amide bonds. The standard InChI is InChI=1S/C17H18ClN5OS/c18-13-9-8-12-16(21-13)25-17(20-12)23-15-3-1-2-14(22-15)19-10-4-6-11(24)7-5-10/h1-3,8-11,24H,4-7H2,(H2,19,20,22,23). The molecule has 1 fully saturated rings. The molecule has 0 bridgehead atoms. The number of pyridine rings is 2. The first-order chi connectivity index (χ1) is 12.2. The first-order valence-electron chi connectivity index (χ1n) is 8.27. The molecule has 3 aromatic rings. The lowest BCUT2D eigenvalue weighted by Gasteiger charge is -2.26. The Bertz CT molecular complexity index is 878. The fourth-order valence-electron chi connectivity index (χ4n) is 2.97. The number of aromatic nitrogens is 3. The van der Waals surface area contributed by atoms with E-state index < -0.39 is 0 Å². The predicted octanol–water partition coefficient (Wildman–Crippen LogP) is 4.20. The summed E-state index contributed by atoms with van der Waals surface area (Å²) in [7, 11) is 0. The van der Waals surface area contributed by atoms with Gasteiger partial charge >= 0.3 is 0 Å². The summed E-state index contributed by atoms with van der Waals surface area (Å²) in [6, 6.07) is 9.77. The monoisotopic (exact) mass is 375 g/mol. The van der Waals surface area contributed by atoms with E-state index in [0.29, 0.717) is 11.2 Å². The van der Waals surface area contributed by atoms with Crippen LogP contribution in [-0.4, -0.2) is 32.2 Å². The molecule has 1 aliphatic rings. The number of fused-ring (bicyclic) bond motifs is 1. The van der Waals surface area contributed by atoms with Gasteiger partial charge in [-0.15, -0.1) is 0 Å². The van der Waals surface area contributed by atoms with E-state index in [1.807, 2.05) is 24.3 Å². The molecule has 3 N–H and O–H groups in total. The second kappa shape index (κ2) is 7.11. The summed E-state index contributed by atoms with van der Waals surface area (Å²) in [5, 5.41) is 17.5. The Kier molecular flexibility index (Phi) is 4.70. The van der Waals surface area contributed by atoms with Crippen LogP contribution in [0.4, 0.5) is 16.8 Å². The summed E-state index contributed by atoms with van der Waals surface area (Å²) in [5.74, 6) is 1.56. The smallest absolute Gasteiger partial charge is 0.190 e. The van der Waals surface area contributed by atoms with Gasteiger partial charge in [-0.1, -0.05) is 29.0 Å². The van der Waals surface area contributed by atoms with Crippen molar-refractivity contribution in [3.8, 4) is 0 Å². The molecule has 25 heavy (non-hydrogen) atoms. The van der Waals surface area contributed by atoms with E-state index in [-0.39, 0.29) is 6.10 Å². The van der Waals surface area contributed by atoms with Crippen molar-refractivity contribution in [1.82, 2.24) is 15.0 Å². The maximum Gasteiger partial charge on any atom is 0.190 e. The maximum absolute atomic E-state index is 9.61. The molecule has 0 atom stereocenters. The number of hydrogen-bond acceptors (Lipinski definition) is 7. The summed E-state index contributed by atoms with van der Waals surface area (Å²) in [4.78, 5) is 14.2. The molecule has 1 saturated carbocycles. The predicted molar refractivity (Wildman–Crippen MR) is 102 cm³/mol. The van der Waals surface area contributed by atoms with Crippen LogP contribution < -0.4 is 10.6 Å². The quantitative estimate of drug-likeness (QED) is 0.593. The third-order valence-corrected chi connectivity index (χ3v) is 5.35. The van der Waals surface area contributed by atoms with Crippen molar-refractivity contribution < 1.29 is 5.11 Å². The van der Waals surface area contributed by atoms with Gasteiger partial charge < -0.3 is 15.7 Å². The zero-order chi connectivity index (χ0) is 17.2. The molecule has 130 valence electrons. The van der Waals surface area contributed by atoms with Crippen LogP contribution in [0.5, 0.6) is 0 Å². The molecule has 3 heterocycles. The zero-order valence-corrected chi connectivity index (χ0v) is 15.0. The van der Waals surface area contributed by atoms with Gasteiger partial charge in [0.05, 0.1) is 6.10 Å². The van der Waals surface area contributed by atoms with Gasteiger partial charge in [-0.05, 0) is 49.9 Å². The lowest BCUT2D eigenvalue weighted by molar-refractivity contribution is 0.126. The Hall–Kier alpha value is -1.96. The van der Waals surface area contributed by atoms with Gasteiger partial charge in [0.25, 0.3) is 0 Å². The fraction of sp³-hybridized carbons (Fsp3) is 0.353. The number of hydrogen-bond donors (Lipinski definition) is 3. The minimum Gasteiger partial charge on any atom is -0.393 e. The molecule has 0 radical (unpaired) electrons. The van der Waals surface area contributed by atoms with Crippen molar-refractivity contribution in [2.75, 3.05) is 10.6 Å². The largest absolute Gasteiger partial charge is 0.393 e. The van der Waals surface area contributed by atoms with E-state index in [1.54, 1.807) is 6.07 Å². The maximum atomic E-state index is 9.61. The number of aliphatic hydroxyl groups is 1. The molecule has 4 rings (SSSR count). The van der Waals surface area contributed by atoms with Crippen molar-refractivity contribution in [2.45, 2.75) is 37.8 Å². The van der Waals surface area contributed by atoms with Crippen molar-refractivity contribution >= 4 is 50.1 Å². The summed E-state index contributed by atoms with van der Waals surface area (Å²) in [5.41, 5.74) is 0.812. The van der Waals surface area contributed by atoms with Crippen molar-refractivity contribution in [1.29, 1.82) is 0 Å². The topological polar surface area (TPSA) is 83.0 Å². The Balaban J connectivity index is 1.47. The van der Waals surface area contributed by atoms with Gasteiger partial charge in [-0.3, -0.25) is 0 Å². The SMILES string of the molecule is OC1CCC(Nc2cccc(Nc3nc4ccc(Cl)nc4s3)n2)CC1. The highest BCUT2D eigenvalue weighted by Crippen LogP contribution is 2.28. The minimum atomic E-state index is -0.153. The van der Waals surface area contributed by atoms with Crippen LogP contribution in [0, 0.1) is 0 Å². The second-order valence-electron chi connectivity index (χ2n) is 6.16. The van der Waals surface area contributed by atoms with E-state index in [1.165, 1.54) is 11.3 Å². The average Bonchev–Trinajstić information content (AvgIpc) is 2.98. The highest BCUT2D eigenvalue weighted by molar-refractivity contribution is 7.21. The molecule has 8 heteroatoms. The Morgan fingerprint density at radius 3 is 2.64 bits per heavy atom. The normalized spacial score (nSPS) is 20.6. The average molecular weight is 376 g/mol. The first kappa shape index (κ1) is 16.5. The summed E-state index contributed by atoms with van der Waals surface area (Å²) in [6.45, 7) is 0. The molecule has 0 aliphatic heterocycles. The number of aliphatic hydroxyl groups excluding tert-OH is 1. The van der Waals surface area contributed by atoms with Crippen LogP contribution >= 0.6 is 22.9 Å². The zero-order valence-electron chi connectivity index (χ0n) is 13.4. The molecule has 0 aromatic carbocycles. The second-order valence-corrected chi connectivity index (χ2v) is 7.52. The fourth-order valence-corrected chi connectivity index (χ4v) is 4.01. The van der Waals surface area contributed by atoms with Gasteiger partial charge in [0.1, 0.15) is 27.1 Å². The van der Waals surface area contributed by atoms with Gasteiger partial charge in [0.2, 0.25) is 0 Å². The lowest BCUT2D eigenvalue weighted by Crippen LogP contribution is -2.28. The van der Waals surface area contributed by atoms with E-state index in [2.05, 4.69) is 25.6 Å². The third kappa shape index (κ3) is 4.00. The number of halogens is 1. The molecule has 3 aromatic heterocycles. The van der Waals surface area contributed by atoms with Crippen molar-refractivity contribution in [3.05, 3.63) is 35.5 Å². The Morgan fingerprint density at radius 2 is 1.80 bits per heavy atom. The molecule has 1 aliphatic carbocycles. The molecule has 6 nitrogen and oxygen atoms in total. The first-order valence-corrected chi connectivity index (χ1v) is 9.47. The van der Waals surface area contributed by atoms with Crippen LogP contribution in [0.1, 0.15) is 25.7 Å². The van der Waals surface area contributed by atoms with Crippen LogP contribution in [0.15, 0.2) is 30.3 Å². The van der Waals surface area contributed by atoms with E-state index >= 15 is 0 Å². The van der Waals surface area contributed by atoms with Gasteiger partial charge in [0.15, 0.2) is 5.13 Å². The van der Waals surface area contributed by atoms with Crippen LogP contribution in [0.3, 0.4) is 0 Å². The van der Waals surface area contributed by atoms with Crippen LogP contribution in [0.25, 0.3) is 10.3 Å². The number of thiazole rings is 1. The van der Waals surface area contributed by atoms with E-state index in [0.717, 1.165) is 52.8 Å². The summed E-state index contributed by atoms with van der Waals surface area (Å²) < 4.78 is 0. The summed E-state index contributed by atoms with van der Waals surface area (Å²) >= 11 is 7.36. The van der Waals surface area contributed by atoms with E-state index in [9.17, 15) is 5.11 Å². The van der Waals surface area contributed by atoms with Crippen LogP contribution in [0.2, 0.25) is 5.15 Å². The molecule has 0 unspecified atom stereocenters. The van der Waals surface area contributed by atoms with Gasteiger partial charge in [-0.2, -0.15) is 0 Å². The highest BCUT2D eigenvalue weighted by atomic mass is 35.5.